The minimum Gasteiger partial charge on any atom is -0.548 e. The number of fused-ring (bicyclic) bond motifs is 2. The molecule has 0 aromatic heterocycles. The molecule has 2 aromatic rings. The number of anilines is 1. The summed E-state index contributed by atoms with van der Waals surface area (Å²) < 4.78 is 15.5. The molecule has 3 amide bonds. The van der Waals surface area contributed by atoms with Gasteiger partial charge in [-0.25, -0.2) is 0 Å². The fraction of sp³-hybridized carbons (Fsp3) is 0.333. The largest absolute Gasteiger partial charge is 0.548 e. The molecule has 11 nitrogen and oxygen atoms in total. The Morgan fingerprint density at radius 2 is 1.83 bits per heavy atom. The number of rotatable bonds is 7. The van der Waals surface area contributed by atoms with Gasteiger partial charge < -0.3 is 39.2 Å². The van der Waals surface area contributed by atoms with Gasteiger partial charge >= 0.3 is 0 Å². The molecule has 2 aliphatic rings. The van der Waals surface area contributed by atoms with E-state index in [-0.39, 0.29) is 25.5 Å². The van der Waals surface area contributed by atoms with Gasteiger partial charge in [0.2, 0.25) is 11.8 Å². The third-order valence-electron chi connectivity index (χ3n) is 5.97. The number of hydrogen-bond acceptors (Lipinski definition) is 8. The Morgan fingerprint density at radius 1 is 1.03 bits per heavy atom. The molecule has 35 heavy (non-hydrogen) atoms. The number of ether oxygens (including phenoxy) is 3. The maximum atomic E-state index is 13.5. The first kappa shape index (κ1) is 24.0. The first-order valence-corrected chi connectivity index (χ1v) is 10.9. The summed E-state index contributed by atoms with van der Waals surface area (Å²) in [5.41, 5.74) is 2.18. The van der Waals surface area contributed by atoms with Crippen molar-refractivity contribution >= 4 is 29.4 Å². The molecule has 4 rings (SSSR count). The number of nitrogens with zero attached hydrogens (tertiary/aromatic N) is 2. The number of piperazine rings is 1. The van der Waals surface area contributed by atoms with Gasteiger partial charge in [0.15, 0.2) is 0 Å². The Balaban J connectivity index is 1.57. The molecular weight excluding hydrogens is 458 g/mol. The van der Waals surface area contributed by atoms with Crippen molar-refractivity contribution in [3.63, 3.8) is 0 Å². The smallest absolute Gasteiger partial charge is 0.256 e. The number of nitrogens with one attached hydrogen (secondary N) is 1. The lowest BCUT2D eigenvalue weighted by atomic mass is 10.00. The molecule has 1 atom stereocenters. The van der Waals surface area contributed by atoms with Crippen LogP contribution in [-0.4, -0.2) is 86.6 Å². The van der Waals surface area contributed by atoms with Gasteiger partial charge in [-0.3, -0.25) is 14.4 Å². The van der Waals surface area contributed by atoms with Crippen LogP contribution in [0.25, 0.3) is 11.1 Å². The lowest BCUT2D eigenvalue weighted by molar-refractivity contribution is -0.309. The number of carboxylic acid groups (broad SMARTS) is 1. The molecule has 2 aliphatic heterocycles. The number of carbonyl (C=O) groups is 4. The molecule has 1 fully saturated rings. The number of carbonyl (C=O) groups excluding carboxylic acids is 4. The summed E-state index contributed by atoms with van der Waals surface area (Å²) in [6.45, 7) is -0.866. The molecule has 0 radical (unpaired) electrons. The summed E-state index contributed by atoms with van der Waals surface area (Å²) in [5.74, 6) is -1.45. The highest BCUT2D eigenvalue weighted by Crippen LogP contribution is 2.36. The summed E-state index contributed by atoms with van der Waals surface area (Å²) in [7, 11) is 3.10. The highest BCUT2D eigenvalue weighted by Gasteiger charge is 2.40. The predicted molar refractivity (Wildman–Crippen MR) is 121 cm³/mol. The standard InChI is InChI=1S/C24H25N3O8/c1-33-15-4-5-16(20(10-15)34-2)14-3-6-18-17(9-14)24(32)27-8-7-26(11-19(27)23(31)25-18)21(28)12-35-13-22(29)30/h3-6,9-10,19H,7-8,11-13H2,1-2H3,(H,25,31)(H,29,30)/p-1/t19-/m1/s1. The Labute approximate surface area is 201 Å². The zero-order valence-corrected chi connectivity index (χ0v) is 19.2. The van der Waals surface area contributed by atoms with Gasteiger partial charge in [-0.2, -0.15) is 0 Å². The van der Waals surface area contributed by atoms with Crippen LogP contribution in [0.2, 0.25) is 0 Å². The molecule has 2 heterocycles. The van der Waals surface area contributed by atoms with Gasteiger partial charge in [0, 0.05) is 24.7 Å². The van der Waals surface area contributed by atoms with Crippen molar-refractivity contribution in [3.05, 3.63) is 42.0 Å². The van der Waals surface area contributed by atoms with Crippen LogP contribution in [0, 0.1) is 0 Å². The van der Waals surface area contributed by atoms with E-state index in [2.05, 4.69) is 5.32 Å². The number of amides is 3. The van der Waals surface area contributed by atoms with Crippen molar-refractivity contribution in [1.29, 1.82) is 0 Å². The van der Waals surface area contributed by atoms with Crippen LogP contribution in [0.15, 0.2) is 36.4 Å². The highest BCUT2D eigenvalue weighted by molar-refractivity contribution is 6.11. The predicted octanol–water partition coefficient (Wildman–Crippen LogP) is -0.258. The first-order chi connectivity index (χ1) is 16.8. The van der Waals surface area contributed by atoms with Gasteiger partial charge in [-0.15, -0.1) is 0 Å². The van der Waals surface area contributed by atoms with Gasteiger partial charge in [0.25, 0.3) is 5.91 Å². The van der Waals surface area contributed by atoms with E-state index in [1.807, 2.05) is 6.07 Å². The third-order valence-corrected chi connectivity index (χ3v) is 5.97. The van der Waals surface area contributed by atoms with E-state index >= 15 is 0 Å². The molecule has 1 N–H and O–H groups in total. The minimum absolute atomic E-state index is 0.0295. The maximum absolute atomic E-state index is 13.5. The maximum Gasteiger partial charge on any atom is 0.256 e. The van der Waals surface area contributed by atoms with Gasteiger partial charge in [-0.1, -0.05) is 6.07 Å². The normalized spacial score (nSPS) is 17.1. The van der Waals surface area contributed by atoms with E-state index in [9.17, 15) is 24.3 Å². The summed E-state index contributed by atoms with van der Waals surface area (Å²) in [6.07, 6.45) is 0. The van der Waals surface area contributed by atoms with Crippen LogP contribution < -0.4 is 19.9 Å². The average molecular weight is 482 g/mol. The quantitative estimate of drug-likeness (QED) is 0.570. The van der Waals surface area contributed by atoms with E-state index in [0.717, 1.165) is 11.1 Å². The lowest BCUT2D eigenvalue weighted by Crippen LogP contribution is -2.60. The second-order valence-electron chi connectivity index (χ2n) is 8.03. The van der Waals surface area contributed by atoms with Gasteiger partial charge in [-0.05, 0) is 29.8 Å². The number of carboxylic acids is 1. The Morgan fingerprint density at radius 3 is 2.54 bits per heavy atom. The number of aliphatic carboxylic acids is 1. The van der Waals surface area contributed by atoms with Crippen molar-refractivity contribution < 1.29 is 38.5 Å². The van der Waals surface area contributed by atoms with Crippen LogP contribution in [0.1, 0.15) is 10.4 Å². The van der Waals surface area contributed by atoms with Crippen LogP contribution >= 0.6 is 0 Å². The SMILES string of the molecule is COc1ccc(-c2ccc3c(c2)C(=O)N2CCN(C(=O)COCC(=O)[O-])C[C@@H]2C(=O)N3)c(OC)c1. The van der Waals surface area contributed by atoms with Crippen molar-refractivity contribution in [1.82, 2.24) is 9.80 Å². The second-order valence-corrected chi connectivity index (χ2v) is 8.03. The molecule has 11 heteroatoms. The summed E-state index contributed by atoms with van der Waals surface area (Å²) in [4.78, 5) is 52.1. The Kier molecular flexibility index (Phi) is 6.87. The third kappa shape index (κ3) is 4.90. The highest BCUT2D eigenvalue weighted by atomic mass is 16.5. The van der Waals surface area contributed by atoms with Crippen molar-refractivity contribution in [2.75, 3.05) is 52.4 Å². The monoisotopic (exact) mass is 482 g/mol. The summed E-state index contributed by atoms with van der Waals surface area (Å²) in [6, 6.07) is 9.62. The van der Waals surface area contributed by atoms with Crippen LogP contribution in [-0.2, 0) is 19.1 Å². The fourth-order valence-electron chi connectivity index (χ4n) is 4.20. The second kappa shape index (κ2) is 10.0. The van der Waals surface area contributed by atoms with E-state index in [1.54, 1.807) is 44.6 Å². The molecule has 0 spiro atoms. The molecule has 0 aliphatic carbocycles. The molecular formula is C24H24N3O8-. The molecule has 184 valence electrons. The molecule has 0 unspecified atom stereocenters. The van der Waals surface area contributed by atoms with E-state index in [0.29, 0.717) is 22.7 Å². The van der Waals surface area contributed by atoms with Crippen LogP contribution in [0.4, 0.5) is 5.69 Å². The fourth-order valence-corrected chi connectivity index (χ4v) is 4.20. The number of methoxy groups -OCH3 is 2. The van der Waals surface area contributed by atoms with E-state index < -0.39 is 37.0 Å². The van der Waals surface area contributed by atoms with Gasteiger partial charge in [0.05, 0.1) is 44.6 Å². The minimum atomic E-state index is -1.43. The number of hydrogen-bond donors (Lipinski definition) is 1. The van der Waals surface area contributed by atoms with Crippen molar-refractivity contribution in [3.8, 4) is 22.6 Å². The summed E-state index contributed by atoms with van der Waals surface area (Å²) >= 11 is 0. The molecule has 1 saturated heterocycles. The van der Waals surface area contributed by atoms with E-state index in [1.165, 1.54) is 9.80 Å². The van der Waals surface area contributed by atoms with Crippen molar-refractivity contribution in [2.24, 2.45) is 0 Å². The zero-order valence-electron chi connectivity index (χ0n) is 19.2. The van der Waals surface area contributed by atoms with Crippen molar-refractivity contribution in [2.45, 2.75) is 6.04 Å². The first-order valence-electron chi connectivity index (χ1n) is 10.9. The lowest BCUT2D eigenvalue weighted by Gasteiger charge is -2.39. The topological polar surface area (TPSA) is 138 Å². The van der Waals surface area contributed by atoms with Crippen LogP contribution in [0.3, 0.4) is 0 Å². The van der Waals surface area contributed by atoms with Gasteiger partial charge in [0.1, 0.15) is 24.1 Å². The van der Waals surface area contributed by atoms with Crippen LogP contribution in [0.5, 0.6) is 11.5 Å². The summed E-state index contributed by atoms with van der Waals surface area (Å²) in [5, 5.41) is 13.3. The molecule has 2 aromatic carbocycles. The van der Waals surface area contributed by atoms with E-state index in [4.69, 9.17) is 14.2 Å². The number of benzene rings is 2. The molecule has 0 bridgehead atoms. The Bertz CT molecular complexity index is 1180. The molecule has 0 saturated carbocycles. The zero-order chi connectivity index (χ0) is 25.1. The average Bonchev–Trinajstić information content (AvgIpc) is 2.97. The Hall–Kier alpha value is -4.12.